The second-order valence-electron chi connectivity index (χ2n) is 5.25. The predicted octanol–water partition coefficient (Wildman–Crippen LogP) is 4.85. The second-order valence-corrected chi connectivity index (χ2v) is 5.73. The van der Waals surface area contributed by atoms with Crippen LogP contribution in [0.25, 0.3) is 0 Å². The molecule has 0 aliphatic carbocycles. The van der Waals surface area contributed by atoms with Gasteiger partial charge in [0, 0.05) is 11.4 Å². The zero-order valence-corrected chi connectivity index (χ0v) is 13.4. The summed E-state index contributed by atoms with van der Waals surface area (Å²) in [6, 6.07) is 7.41. The Morgan fingerprint density at radius 2 is 1.60 bits per heavy atom. The lowest BCUT2D eigenvalue weighted by molar-refractivity contribution is 0.0950. The van der Waals surface area contributed by atoms with Gasteiger partial charge in [-0.15, -0.1) is 12.6 Å². The first kappa shape index (κ1) is 17.1. The van der Waals surface area contributed by atoms with Crippen LogP contribution in [0.1, 0.15) is 68.6 Å². The number of benzene rings is 1. The molecule has 0 fully saturated rings. The van der Waals surface area contributed by atoms with Crippen LogP contribution in [0.5, 0.6) is 0 Å². The number of rotatable bonds is 10. The molecule has 0 spiro atoms. The Labute approximate surface area is 128 Å². The molecule has 1 aromatic carbocycles. The van der Waals surface area contributed by atoms with Gasteiger partial charge in [-0.1, -0.05) is 64.0 Å². The maximum atomic E-state index is 11.9. The minimum Gasteiger partial charge on any atom is -0.352 e. The van der Waals surface area contributed by atoms with Crippen LogP contribution in [0.15, 0.2) is 29.2 Å². The molecule has 1 amide bonds. The van der Waals surface area contributed by atoms with Gasteiger partial charge in [0.25, 0.3) is 5.91 Å². The lowest BCUT2D eigenvalue weighted by atomic mass is 10.1. The van der Waals surface area contributed by atoms with Crippen molar-refractivity contribution in [2.45, 2.75) is 63.2 Å². The molecule has 1 N–H and O–H groups in total. The van der Waals surface area contributed by atoms with E-state index in [0.29, 0.717) is 5.56 Å². The molecule has 0 aromatic heterocycles. The molecule has 1 rings (SSSR count). The SMILES string of the molecule is CCCCCCCCCCNC(=O)c1ccccc1S. The van der Waals surface area contributed by atoms with E-state index in [-0.39, 0.29) is 5.91 Å². The van der Waals surface area contributed by atoms with Crippen LogP contribution in [0, 0.1) is 0 Å². The van der Waals surface area contributed by atoms with E-state index in [4.69, 9.17) is 0 Å². The number of hydrogen-bond donors (Lipinski definition) is 2. The highest BCUT2D eigenvalue weighted by Crippen LogP contribution is 2.12. The number of amides is 1. The summed E-state index contributed by atoms with van der Waals surface area (Å²) in [6.45, 7) is 3.00. The van der Waals surface area contributed by atoms with Gasteiger partial charge in [-0.3, -0.25) is 4.79 Å². The van der Waals surface area contributed by atoms with Gasteiger partial charge < -0.3 is 5.32 Å². The van der Waals surface area contributed by atoms with Crippen molar-refractivity contribution in [3.63, 3.8) is 0 Å². The van der Waals surface area contributed by atoms with Gasteiger partial charge in [-0.2, -0.15) is 0 Å². The summed E-state index contributed by atoms with van der Waals surface area (Å²) in [7, 11) is 0. The topological polar surface area (TPSA) is 29.1 Å². The Balaban J connectivity index is 2.04. The van der Waals surface area contributed by atoms with Crippen molar-refractivity contribution in [3.05, 3.63) is 29.8 Å². The number of unbranched alkanes of at least 4 members (excludes halogenated alkanes) is 7. The third kappa shape index (κ3) is 6.99. The summed E-state index contributed by atoms with van der Waals surface area (Å²) in [6.07, 6.45) is 10.3. The number of hydrogen-bond acceptors (Lipinski definition) is 2. The normalized spacial score (nSPS) is 10.5. The largest absolute Gasteiger partial charge is 0.352 e. The third-order valence-corrected chi connectivity index (χ3v) is 3.85. The summed E-state index contributed by atoms with van der Waals surface area (Å²) in [5, 5.41) is 2.96. The number of carbonyl (C=O) groups excluding carboxylic acids is 1. The van der Waals surface area contributed by atoms with E-state index >= 15 is 0 Å². The Kier molecular flexibility index (Phi) is 9.22. The van der Waals surface area contributed by atoms with Crippen LogP contribution in [0.3, 0.4) is 0 Å². The first-order chi connectivity index (χ1) is 9.75. The van der Waals surface area contributed by atoms with Crippen molar-refractivity contribution < 1.29 is 4.79 Å². The molecular formula is C17H27NOS. The fraction of sp³-hybridized carbons (Fsp3) is 0.588. The first-order valence-corrected chi connectivity index (χ1v) is 8.26. The van der Waals surface area contributed by atoms with Crippen molar-refractivity contribution in [1.82, 2.24) is 5.32 Å². The van der Waals surface area contributed by atoms with Gasteiger partial charge in [-0.25, -0.2) is 0 Å². The van der Waals surface area contributed by atoms with Crippen LogP contribution in [0.2, 0.25) is 0 Å². The highest BCUT2D eigenvalue weighted by Gasteiger charge is 2.07. The number of thiol groups is 1. The lowest BCUT2D eigenvalue weighted by Gasteiger charge is -2.07. The van der Waals surface area contributed by atoms with Gasteiger partial charge in [0.05, 0.1) is 5.56 Å². The second kappa shape index (κ2) is 10.8. The average Bonchev–Trinajstić information content (AvgIpc) is 2.46. The highest BCUT2D eigenvalue weighted by molar-refractivity contribution is 7.80. The molecule has 0 radical (unpaired) electrons. The third-order valence-electron chi connectivity index (χ3n) is 3.46. The van der Waals surface area contributed by atoms with E-state index < -0.39 is 0 Å². The van der Waals surface area contributed by atoms with Crippen molar-refractivity contribution in [1.29, 1.82) is 0 Å². The molecule has 0 saturated carbocycles. The van der Waals surface area contributed by atoms with E-state index in [1.807, 2.05) is 24.3 Å². The zero-order valence-electron chi connectivity index (χ0n) is 12.5. The fourth-order valence-electron chi connectivity index (χ4n) is 2.22. The van der Waals surface area contributed by atoms with E-state index in [1.54, 1.807) is 0 Å². The Morgan fingerprint density at radius 1 is 1.00 bits per heavy atom. The van der Waals surface area contributed by atoms with Gasteiger partial charge in [-0.05, 0) is 18.6 Å². The summed E-state index contributed by atoms with van der Waals surface area (Å²) in [5.74, 6) is -0.0152. The van der Waals surface area contributed by atoms with Gasteiger partial charge in [0.1, 0.15) is 0 Å². The molecule has 20 heavy (non-hydrogen) atoms. The summed E-state index contributed by atoms with van der Waals surface area (Å²) in [5.41, 5.74) is 0.662. The minimum absolute atomic E-state index is 0.0152. The van der Waals surface area contributed by atoms with Crippen LogP contribution in [-0.2, 0) is 0 Å². The van der Waals surface area contributed by atoms with Crippen molar-refractivity contribution in [2.24, 2.45) is 0 Å². The van der Waals surface area contributed by atoms with Gasteiger partial charge >= 0.3 is 0 Å². The predicted molar refractivity (Wildman–Crippen MR) is 88.6 cm³/mol. The quantitative estimate of drug-likeness (QED) is 0.469. The summed E-state index contributed by atoms with van der Waals surface area (Å²) in [4.78, 5) is 12.6. The van der Waals surface area contributed by atoms with Crippen LogP contribution in [-0.4, -0.2) is 12.5 Å². The maximum Gasteiger partial charge on any atom is 0.252 e. The monoisotopic (exact) mass is 293 g/mol. The smallest absolute Gasteiger partial charge is 0.252 e. The minimum atomic E-state index is -0.0152. The van der Waals surface area contributed by atoms with E-state index in [1.165, 1.54) is 44.9 Å². The van der Waals surface area contributed by atoms with Crippen molar-refractivity contribution in [2.75, 3.05) is 6.54 Å². The van der Waals surface area contributed by atoms with Crippen molar-refractivity contribution >= 4 is 18.5 Å². The molecule has 1 aromatic rings. The molecule has 0 saturated heterocycles. The van der Waals surface area contributed by atoms with Gasteiger partial charge in [0.15, 0.2) is 0 Å². The fourth-order valence-corrected chi connectivity index (χ4v) is 2.48. The standard InChI is InChI=1S/C17H27NOS/c1-2-3-4-5-6-7-8-11-14-18-17(19)15-12-9-10-13-16(15)20/h9-10,12-13,20H,2-8,11,14H2,1H3,(H,18,19). The Hall–Kier alpha value is -0.960. The molecular weight excluding hydrogens is 266 g/mol. The average molecular weight is 293 g/mol. The molecule has 3 heteroatoms. The molecule has 0 heterocycles. The molecule has 112 valence electrons. The van der Waals surface area contributed by atoms with E-state index in [2.05, 4.69) is 24.9 Å². The van der Waals surface area contributed by atoms with Crippen LogP contribution >= 0.6 is 12.6 Å². The van der Waals surface area contributed by atoms with Gasteiger partial charge in [0.2, 0.25) is 0 Å². The van der Waals surface area contributed by atoms with E-state index in [9.17, 15) is 4.79 Å². The molecule has 0 aliphatic heterocycles. The molecule has 2 nitrogen and oxygen atoms in total. The number of carbonyl (C=O) groups is 1. The highest BCUT2D eigenvalue weighted by atomic mass is 32.1. The molecule has 0 bridgehead atoms. The van der Waals surface area contributed by atoms with Crippen molar-refractivity contribution in [3.8, 4) is 0 Å². The summed E-state index contributed by atoms with van der Waals surface area (Å²) >= 11 is 4.30. The molecule has 0 aliphatic rings. The Morgan fingerprint density at radius 3 is 2.25 bits per heavy atom. The maximum absolute atomic E-state index is 11.9. The molecule has 0 unspecified atom stereocenters. The summed E-state index contributed by atoms with van der Waals surface area (Å²) < 4.78 is 0. The first-order valence-electron chi connectivity index (χ1n) is 7.82. The lowest BCUT2D eigenvalue weighted by Crippen LogP contribution is -2.24. The van der Waals surface area contributed by atoms with Crippen LogP contribution in [0.4, 0.5) is 0 Å². The van der Waals surface area contributed by atoms with E-state index in [0.717, 1.165) is 17.9 Å². The zero-order chi connectivity index (χ0) is 14.6. The van der Waals surface area contributed by atoms with Crippen LogP contribution < -0.4 is 5.32 Å². The number of nitrogens with one attached hydrogen (secondary N) is 1. The Bertz CT molecular complexity index is 392. The molecule has 0 atom stereocenters.